The summed E-state index contributed by atoms with van der Waals surface area (Å²) < 4.78 is 63.5. The number of likely N-dealkylation sites (tertiary alicyclic amines) is 1. The van der Waals surface area contributed by atoms with Gasteiger partial charge in [-0.15, -0.1) is 0 Å². The van der Waals surface area contributed by atoms with E-state index >= 15 is 0 Å². The zero-order valence-electron chi connectivity index (χ0n) is 24.9. The van der Waals surface area contributed by atoms with Crippen LogP contribution in [0.25, 0.3) is 0 Å². The minimum atomic E-state index is -5.08. The third kappa shape index (κ3) is 9.40. The molecule has 1 aromatic heterocycles. The quantitative estimate of drug-likeness (QED) is 0.470. The number of halogens is 6. The lowest BCUT2D eigenvalue weighted by molar-refractivity contribution is -0.193. The first kappa shape index (κ1) is 36.3. The summed E-state index contributed by atoms with van der Waals surface area (Å²) in [6, 6.07) is 14.2. The second-order valence-corrected chi connectivity index (χ2v) is 11.3. The molecule has 0 bridgehead atoms. The van der Waals surface area contributed by atoms with E-state index in [2.05, 4.69) is 41.2 Å². The highest BCUT2D eigenvalue weighted by Gasteiger charge is 2.46. The molecule has 1 atom stereocenters. The molecule has 1 aromatic carbocycles. The Morgan fingerprint density at radius 1 is 0.804 bits per heavy atom. The summed E-state index contributed by atoms with van der Waals surface area (Å²) in [5.74, 6) is -4.93. The topological polar surface area (TPSA) is 131 Å². The first-order valence-corrected chi connectivity index (χ1v) is 14.3. The number of rotatable bonds is 3. The van der Waals surface area contributed by atoms with E-state index in [1.165, 1.54) is 11.1 Å². The molecule has 16 heteroatoms. The van der Waals surface area contributed by atoms with E-state index in [-0.39, 0.29) is 23.1 Å². The molecule has 2 saturated heterocycles. The Kier molecular flexibility index (Phi) is 11.8. The molecular weight excluding hydrogens is 626 g/mol. The molecule has 1 spiro atoms. The predicted molar refractivity (Wildman–Crippen MR) is 151 cm³/mol. The fourth-order valence-electron chi connectivity index (χ4n) is 5.87. The monoisotopic (exact) mass is 660 g/mol. The van der Waals surface area contributed by atoms with Crippen molar-refractivity contribution in [2.75, 3.05) is 46.3 Å². The van der Waals surface area contributed by atoms with Crippen LogP contribution in [0.3, 0.4) is 0 Å². The third-order valence-corrected chi connectivity index (χ3v) is 8.26. The Morgan fingerprint density at radius 2 is 1.33 bits per heavy atom. The lowest BCUT2D eigenvalue weighted by Gasteiger charge is -2.40. The number of likely N-dealkylation sites (N-methyl/N-ethyl adjacent to an activating group) is 1. The van der Waals surface area contributed by atoms with Crippen molar-refractivity contribution in [3.8, 4) is 0 Å². The summed E-state index contributed by atoms with van der Waals surface area (Å²) in [5, 5.41) is 14.2. The summed E-state index contributed by atoms with van der Waals surface area (Å²) in [5.41, 5.74) is 3.34. The van der Waals surface area contributed by atoms with Crippen molar-refractivity contribution in [3.05, 3.63) is 65.5 Å². The number of pyridine rings is 1. The Morgan fingerprint density at radius 3 is 1.83 bits per heavy atom. The predicted octanol–water partition coefficient (Wildman–Crippen LogP) is 4.17. The average Bonchev–Trinajstić information content (AvgIpc) is 3.30. The molecular formula is C30H34F6N4O6. The van der Waals surface area contributed by atoms with Crippen LogP contribution in [0, 0.1) is 0 Å². The minimum Gasteiger partial charge on any atom is -0.475 e. The number of amides is 2. The van der Waals surface area contributed by atoms with E-state index in [1.807, 2.05) is 21.9 Å². The van der Waals surface area contributed by atoms with Gasteiger partial charge < -0.3 is 24.9 Å². The van der Waals surface area contributed by atoms with Gasteiger partial charge in [0.05, 0.1) is 0 Å². The van der Waals surface area contributed by atoms with Gasteiger partial charge in [-0.25, -0.2) is 9.59 Å². The number of alkyl halides is 6. The maximum atomic E-state index is 13.1. The van der Waals surface area contributed by atoms with Crippen LogP contribution >= 0.6 is 0 Å². The van der Waals surface area contributed by atoms with E-state index in [9.17, 15) is 35.9 Å². The number of piperidine rings is 1. The minimum absolute atomic E-state index is 0.0218. The number of piperazine rings is 1. The first-order chi connectivity index (χ1) is 21.4. The second-order valence-electron chi connectivity index (χ2n) is 11.3. The van der Waals surface area contributed by atoms with Gasteiger partial charge in [0.2, 0.25) is 5.91 Å². The van der Waals surface area contributed by atoms with Gasteiger partial charge in [-0.05, 0) is 60.9 Å². The highest BCUT2D eigenvalue weighted by Crippen LogP contribution is 2.52. The number of benzene rings is 1. The van der Waals surface area contributed by atoms with Gasteiger partial charge in [0.1, 0.15) is 5.69 Å². The lowest BCUT2D eigenvalue weighted by atomic mass is 9.73. The van der Waals surface area contributed by atoms with E-state index < -0.39 is 24.3 Å². The van der Waals surface area contributed by atoms with Gasteiger partial charge in [-0.1, -0.05) is 30.3 Å². The van der Waals surface area contributed by atoms with Crippen LogP contribution in [0.5, 0.6) is 0 Å². The van der Waals surface area contributed by atoms with Crippen LogP contribution in [-0.4, -0.2) is 112 Å². The van der Waals surface area contributed by atoms with Crippen molar-refractivity contribution in [2.24, 2.45) is 0 Å². The van der Waals surface area contributed by atoms with Gasteiger partial charge in [-0.2, -0.15) is 26.3 Å². The molecule has 5 rings (SSSR count). The van der Waals surface area contributed by atoms with Gasteiger partial charge >= 0.3 is 24.3 Å². The molecule has 1 unspecified atom stereocenters. The van der Waals surface area contributed by atoms with Gasteiger partial charge in [0, 0.05) is 51.9 Å². The lowest BCUT2D eigenvalue weighted by Crippen LogP contribution is -2.47. The summed E-state index contributed by atoms with van der Waals surface area (Å²) >= 11 is 0. The van der Waals surface area contributed by atoms with Crippen LogP contribution in [0.15, 0.2) is 48.7 Å². The highest BCUT2D eigenvalue weighted by atomic mass is 19.4. The molecule has 2 aliphatic heterocycles. The van der Waals surface area contributed by atoms with Crippen LogP contribution in [-0.2, 0) is 19.8 Å². The van der Waals surface area contributed by atoms with Crippen molar-refractivity contribution in [2.45, 2.75) is 49.4 Å². The molecule has 2 fully saturated rings. The third-order valence-electron chi connectivity index (χ3n) is 8.26. The Hall–Kier alpha value is -4.21. The number of carbonyl (C=O) groups excluding carboxylic acids is 2. The highest BCUT2D eigenvalue weighted by molar-refractivity contribution is 5.92. The molecule has 0 saturated carbocycles. The van der Waals surface area contributed by atoms with Gasteiger partial charge in [0.15, 0.2) is 0 Å². The van der Waals surface area contributed by atoms with Crippen LogP contribution in [0.2, 0.25) is 0 Å². The number of carbonyl (C=O) groups is 4. The molecule has 46 heavy (non-hydrogen) atoms. The zero-order chi connectivity index (χ0) is 34.3. The van der Waals surface area contributed by atoms with Gasteiger partial charge in [-0.3, -0.25) is 14.6 Å². The SMILES string of the molecule is CN1CCN(C(=O)CC2CC3(CCN(C(=O)c4ccccn4)CC3)c3ccccc32)CC1.O=C(O)C(F)(F)F.O=C(O)C(F)(F)F. The number of carboxylic acid groups (broad SMARTS) is 2. The van der Waals surface area contributed by atoms with Crippen LogP contribution in [0.4, 0.5) is 26.3 Å². The summed E-state index contributed by atoms with van der Waals surface area (Å²) in [6.07, 6.45) is -4.99. The fraction of sp³-hybridized carbons (Fsp3) is 0.500. The smallest absolute Gasteiger partial charge is 0.475 e. The summed E-state index contributed by atoms with van der Waals surface area (Å²) in [7, 11) is 2.11. The largest absolute Gasteiger partial charge is 0.490 e. The Bertz CT molecular complexity index is 1350. The zero-order valence-corrected chi connectivity index (χ0v) is 24.9. The number of hydrogen-bond donors (Lipinski definition) is 2. The summed E-state index contributed by atoms with van der Waals surface area (Å²) in [6.45, 7) is 5.05. The van der Waals surface area contributed by atoms with Crippen molar-refractivity contribution >= 4 is 23.8 Å². The molecule has 2 aromatic rings. The number of hydrogen-bond acceptors (Lipinski definition) is 6. The number of aromatic nitrogens is 1. The van der Waals surface area contributed by atoms with Crippen LogP contribution < -0.4 is 0 Å². The fourth-order valence-corrected chi connectivity index (χ4v) is 5.87. The molecule has 0 radical (unpaired) electrons. The standard InChI is InChI=1S/C26H32N4O2.2C2HF3O2/c1-28-14-16-29(17-15-28)24(31)18-20-19-26(22-7-3-2-6-21(20)22)9-12-30(13-10-26)25(32)23-8-4-5-11-27-23;2*3-2(4,5)1(6)7/h2-8,11,20H,9-10,12-19H2,1H3;2*(H,6,7). The Labute approximate surface area is 260 Å². The van der Waals surface area contributed by atoms with E-state index in [4.69, 9.17) is 19.8 Å². The number of aliphatic carboxylic acids is 2. The van der Waals surface area contributed by atoms with Crippen molar-refractivity contribution in [1.82, 2.24) is 19.7 Å². The molecule has 10 nitrogen and oxygen atoms in total. The molecule has 2 N–H and O–H groups in total. The maximum absolute atomic E-state index is 13.1. The second kappa shape index (κ2) is 14.9. The number of carboxylic acids is 2. The van der Waals surface area contributed by atoms with Crippen molar-refractivity contribution in [1.29, 1.82) is 0 Å². The normalized spacial score (nSPS) is 19.2. The summed E-state index contributed by atoms with van der Waals surface area (Å²) in [4.78, 5) is 54.3. The first-order valence-electron chi connectivity index (χ1n) is 14.3. The molecule has 3 aliphatic rings. The number of fused-ring (bicyclic) bond motifs is 2. The van der Waals surface area contributed by atoms with E-state index in [1.54, 1.807) is 12.3 Å². The molecule has 2 amide bonds. The Balaban J connectivity index is 0.000000345. The van der Waals surface area contributed by atoms with Crippen molar-refractivity contribution in [3.63, 3.8) is 0 Å². The maximum Gasteiger partial charge on any atom is 0.490 e. The molecule has 1 aliphatic carbocycles. The van der Waals surface area contributed by atoms with E-state index in [0.717, 1.165) is 58.5 Å². The average molecular weight is 661 g/mol. The molecule has 3 heterocycles. The molecule has 252 valence electrons. The van der Waals surface area contributed by atoms with E-state index in [0.29, 0.717) is 12.1 Å². The van der Waals surface area contributed by atoms with Crippen LogP contribution in [0.1, 0.15) is 53.2 Å². The van der Waals surface area contributed by atoms with Crippen molar-refractivity contribution < 1.29 is 55.7 Å². The van der Waals surface area contributed by atoms with Gasteiger partial charge in [0.25, 0.3) is 5.91 Å². The number of nitrogens with zero attached hydrogens (tertiary/aromatic N) is 4.